The van der Waals surface area contributed by atoms with Gasteiger partial charge in [-0.1, -0.05) is 17.7 Å². The maximum atomic E-state index is 12.7. The minimum Gasteiger partial charge on any atom is -0.387 e. The Morgan fingerprint density at radius 3 is 2.71 bits per heavy atom. The molecule has 4 heteroatoms. The van der Waals surface area contributed by atoms with Crippen LogP contribution in [-0.2, 0) is 6.42 Å². The van der Waals surface area contributed by atoms with E-state index in [9.17, 15) is 9.50 Å². The maximum absolute atomic E-state index is 12.7. The molecule has 1 fully saturated rings. The average molecular weight is 216 g/mol. The molecule has 1 saturated heterocycles. The van der Waals surface area contributed by atoms with Crippen LogP contribution in [0.15, 0.2) is 18.2 Å². The van der Waals surface area contributed by atoms with Gasteiger partial charge in [0.05, 0.1) is 5.60 Å². The van der Waals surface area contributed by atoms with E-state index in [2.05, 4.69) is 5.32 Å². The highest BCUT2D eigenvalue weighted by molar-refractivity contribution is 6.31. The molecule has 0 aromatic heterocycles. The monoisotopic (exact) mass is 215 g/mol. The molecule has 1 heterocycles. The second-order valence-corrected chi connectivity index (χ2v) is 4.15. The molecular formula is C10H11ClFNO. The normalized spacial score (nSPS) is 19.1. The predicted molar refractivity (Wildman–Crippen MR) is 52.9 cm³/mol. The summed E-state index contributed by atoms with van der Waals surface area (Å²) < 4.78 is 12.7. The Bertz CT molecular complexity index is 352. The van der Waals surface area contributed by atoms with Crippen molar-refractivity contribution in [3.05, 3.63) is 34.6 Å². The molecule has 0 unspecified atom stereocenters. The van der Waals surface area contributed by atoms with E-state index < -0.39 is 5.60 Å². The molecule has 0 spiro atoms. The zero-order valence-electron chi connectivity index (χ0n) is 7.56. The molecule has 0 amide bonds. The molecule has 0 atom stereocenters. The quantitative estimate of drug-likeness (QED) is 0.781. The van der Waals surface area contributed by atoms with E-state index in [1.807, 2.05) is 0 Å². The van der Waals surface area contributed by atoms with Gasteiger partial charge in [0.25, 0.3) is 0 Å². The first kappa shape index (κ1) is 9.90. The van der Waals surface area contributed by atoms with Gasteiger partial charge in [-0.25, -0.2) is 4.39 Å². The zero-order valence-corrected chi connectivity index (χ0v) is 8.31. The van der Waals surface area contributed by atoms with Crippen molar-refractivity contribution in [2.75, 3.05) is 13.1 Å². The maximum Gasteiger partial charge on any atom is 0.124 e. The van der Waals surface area contributed by atoms with E-state index in [0.717, 1.165) is 5.56 Å². The highest BCUT2D eigenvalue weighted by Crippen LogP contribution is 2.24. The van der Waals surface area contributed by atoms with Crippen molar-refractivity contribution in [1.29, 1.82) is 0 Å². The SMILES string of the molecule is OC1(Cc2ccc(F)cc2Cl)CNC1. The van der Waals surface area contributed by atoms with Gasteiger partial charge in [0, 0.05) is 24.5 Å². The first-order chi connectivity index (χ1) is 6.59. The van der Waals surface area contributed by atoms with Crippen molar-refractivity contribution in [2.24, 2.45) is 0 Å². The van der Waals surface area contributed by atoms with E-state index in [0.29, 0.717) is 24.5 Å². The third-order valence-electron chi connectivity index (χ3n) is 2.44. The van der Waals surface area contributed by atoms with Crippen molar-refractivity contribution < 1.29 is 9.50 Å². The Hall–Kier alpha value is -0.640. The lowest BCUT2D eigenvalue weighted by atomic mass is 9.89. The van der Waals surface area contributed by atoms with Crippen LogP contribution in [-0.4, -0.2) is 23.8 Å². The lowest BCUT2D eigenvalue weighted by Gasteiger charge is -2.37. The molecule has 0 saturated carbocycles. The Morgan fingerprint density at radius 2 is 2.21 bits per heavy atom. The Balaban J connectivity index is 2.16. The van der Waals surface area contributed by atoms with Crippen LogP contribution >= 0.6 is 11.6 Å². The van der Waals surface area contributed by atoms with Gasteiger partial charge in [0.2, 0.25) is 0 Å². The van der Waals surface area contributed by atoms with Gasteiger partial charge in [0.1, 0.15) is 5.82 Å². The van der Waals surface area contributed by atoms with Crippen LogP contribution in [0.3, 0.4) is 0 Å². The molecule has 14 heavy (non-hydrogen) atoms. The second-order valence-electron chi connectivity index (χ2n) is 3.74. The van der Waals surface area contributed by atoms with Crippen LogP contribution < -0.4 is 5.32 Å². The van der Waals surface area contributed by atoms with Crippen LogP contribution in [0.2, 0.25) is 5.02 Å². The summed E-state index contributed by atoms with van der Waals surface area (Å²) >= 11 is 5.85. The Morgan fingerprint density at radius 1 is 1.50 bits per heavy atom. The lowest BCUT2D eigenvalue weighted by Crippen LogP contribution is -2.60. The third-order valence-corrected chi connectivity index (χ3v) is 2.79. The van der Waals surface area contributed by atoms with Gasteiger partial charge in [-0.15, -0.1) is 0 Å². The molecule has 1 aromatic rings. The summed E-state index contributed by atoms with van der Waals surface area (Å²) in [5.74, 6) is -0.350. The van der Waals surface area contributed by atoms with E-state index in [1.54, 1.807) is 6.07 Å². The van der Waals surface area contributed by atoms with Crippen LogP contribution in [0.5, 0.6) is 0 Å². The van der Waals surface area contributed by atoms with Crippen LogP contribution in [0.4, 0.5) is 4.39 Å². The largest absolute Gasteiger partial charge is 0.387 e. The summed E-state index contributed by atoms with van der Waals surface area (Å²) in [6, 6.07) is 4.25. The number of rotatable bonds is 2. The number of hydrogen-bond acceptors (Lipinski definition) is 2. The minimum absolute atomic E-state index is 0.350. The van der Waals surface area contributed by atoms with Crippen molar-refractivity contribution >= 4 is 11.6 Å². The third kappa shape index (κ3) is 1.90. The number of aliphatic hydroxyl groups is 1. The fourth-order valence-corrected chi connectivity index (χ4v) is 1.79. The highest BCUT2D eigenvalue weighted by atomic mass is 35.5. The van der Waals surface area contributed by atoms with Crippen LogP contribution in [0.1, 0.15) is 5.56 Å². The summed E-state index contributed by atoms with van der Waals surface area (Å²) in [7, 11) is 0. The number of halogens is 2. The molecule has 0 aliphatic carbocycles. The molecular weight excluding hydrogens is 205 g/mol. The van der Waals surface area contributed by atoms with E-state index in [-0.39, 0.29) is 5.82 Å². The minimum atomic E-state index is -0.707. The van der Waals surface area contributed by atoms with Gasteiger partial charge >= 0.3 is 0 Å². The van der Waals surface area contributed by atoms with Crippen molar-refractivity contribution in [2.45, 2.75) is 12.0 Å². The zero-order chi connectivity index (χ0) is 10.2. The molecule has 76 valence electrons. The molecule has 0 radical (unpaired) electrons. The van der Waals surface area contributed by atoms with Crippen LogP contribution in [0, 0.1) is 5.82 Å². The molecule has 1 aliphatic heterocycles. The first-order valence-corrected chi connectivity index (χ1v) is 4.84. The number of hydrogen-bond donors (Lipinski definition) is 2. The molecule has 1 aliphatic rings. The predicted octanol–water partition coefficient (Wildman–Crippen LogP) is 1.36. The van der Waals surface area contributed by atoms with Crippen molar-refractivity contribution in [3.8, 4) is 0 Å². The van der Waals surface area contributed by atoms with Gasteiger partial charge in [0.15, 0.2) is 0 Å². The van der Waals surface area contributed by atoms with Crippen molar-refractivity contribution in [1.82, 2.24) is 5.32 Å². The summed E-state index contributed by atoms with van der Waals surface area (Å²) in [5.41, 5.74) is 0.0821. The standard InChI is InChI=1S/C10H11ClFNO/c11-9-3-8(12)2-1-7(9)4-10(14)5-13-6-10/h1-3,13-14H,4-6H2. The lowest BCUT2D eigenvalue weighted by molar-refractivity contribution is -0.00901. The molecule has 2 rings (SSSR count). The summed E-state index contributed by atoms with van der Waals surface area (Å²) in [5, 5.41) is 13.2. The van der Waals surface area contributed by atoms with Gasteiger partial charge < -0.3 is 10.4 Å². The van der Waals surface area contributed by atoms with E-state index in [1.165, 1.54) is 12.1 Å². The van der Waals surface area contributed by atoms with Gasteiger partial charge in [-0.2, -0.15) is 0 Å². The number of benzene rings is 1. The first-order valence-electron chi connectivity index (χ1n) is 4.46. The van der Waals surface area contributed by atoms with Crippen molar-refractivity contribution in [3.63, 3.8) is 0 Å². The molecule has 1 aromatic carbocycles. The highest BCUT2D eigenvalue weighted by Gasteiger charge is 2.34. The average Bonchev–Trinajstić information content (AvgIpc) is 2.07. The molecule has 2 nitrogen and oxygen atoms in total. The molecule has 0 bridgehead atoms. The van der Waals surface area contributed by atoms with E-state index in [4.69, 9.17) is 11.6 Å². The summed E-state index contributed by atoms with van der Waals surface area (Å²) in [4.78, 5) is 0. The summed E-state index contributed by atoms with van der Waals surface area (Å²) in [6.45, 7) is 1.14. The Labute approximate surface area is 86.7 Å². The smallest absolute Gasteiger partial charge is 0.124 e. The van der Waals surface area contributed by atoms with Gasteiger partial charge in [-0.3, -0.25) is 0 Å². The second kappa shape index (κ2) is 3.50. The molecule has 2 N–H and O–H groups in total. The topological polar surface area (TPSA) is 32.3 Å². The van der Waals surface area contributed by atoms with Crippen LogP contribution in [0.25, 0.3) is 0 Å². The number of β-amino-alcohol motifs (C(OH)–C–C–N with tert-alkyl or cyclic N) is 1. The Kier molecular flexibility index (Phi) is 2.47. The van der Waals surface area contributed by atoms with E-state index >= 15 is 0 Å². The fraction of sp³-hybridized carbons (Fsp3) is 0.400. The fourth-order valence-electron chi connectivity index (χ4n) is 1.56. The summed E-state index contributed by atoms with van der Waals surface area (Å²) in [6.07, 6.45) is 0.471. The van der Waals surface area contributed by atoms with Gasteiger partial charge in [-0.05, 0) is 17.7 Å². The number of nitrogens with one attached hydrogen (secondary N) is 1.